The molecule has 0 bridgehead atoms. The van der Waals surface area contributed by atoms with Gasteiger partial charge in [0.1, 0.15) is 11.5 Å². The molecule has 1 aliphatic heterocycles. The van der Waals surface area contributed by atoms with Crippen molar-refractivity contribution in [3.8, 4) is 11.4 Å². The average Bonchev–Trinajstić information content (AvgIpc) is 3.23. The molecular weight excluding hydrogens is 342 g/mol. The molecule has 8 nitrogen and oxygen atoms in total. The Morgan fingerprint density at radius 2 is 2.08 bits per heavy atom. The zero-order chi connectivity index (χ0) is 17.6. The van der Waals surface area contributed by atoms with Crippen molar-refractivity contribution >= 4 is 15.7 Å². The monoisotopic (exact) mass is 359 g/mol. The van der Waals surface area contributed by atoms with E-state index in [4.69, 9.17) is 4.52 Å². The second-order valence-corrected chi connectivity index (χ2v) is 7.65. The summed E-state index contributed by atoms with van der Waals surface area (Å²) in [6.07, 6.45) is 1.97. The van der Waals surface area contributed by atoms with Crippen LogP contribution in [0.1, 0.15) is 23.7 Å². The number of rotatable bonds is 4. The second kappa shape index (κ2) is 5.69. The normalized spacial score (nSPS) is 13.8. The molecule has 0 atom stereocenters. The molecule has 1 aromatic carbocycles. The summed E-state index contributed by atoms with van der Waals surface area (Å²) in [6.45, 7) is 4.05. The number of nitrogens with zero attached hydrogens (tertiary/aromatic N) is 4. The molecule has 9 heteroatoms. The van der Waals surface area contributed by atoms with Gasteiger partial charge in [0.25, 0.3) is 10.0 Å². The first kappa shape index (κ1) is 15.8. The van der Waals surface area contributed by atoms with Crippen molar-refractivity contribution in [3.63, 3.8) is 0 Å². The van der Waals surface area contributed by atoms with Gasteiger partial charge < -0.3 is 9.09 Å². The van der Waals surface area contributed by atoms with Crippen LogP contribution < -0.4 is 4.72 Å². The largest absolute Gasteiger partial charge is 0.360 e. The SMILES string of the molecule is Cc1noc(C)c1S(=O)(=O)Nc1cccc(-c2nnc3n2CCC3)c1. The topological polar surface area (TPSA) is 103 Å². The maximum Gasteiger partial charge on any atom is 0.267 e. The van der Waals surface area contributed by atoms with Gasteiger partial charge in [0.15, 0.2) is 16.5 Å². The van der Waals surface area contributed by atoms with Crippen LogP contribution in [0.3, 0.4) is 0 Å². The minimum absolute atomic E-state index is 0.0706. The molecule has 2 aromatic heterocycles. The van der Waals surface area contributed by atoms with Gasteiger partial charge in [-0.1, -0.05) is 17.3 Å². The van der Waals surface area contributed by atoms with Crippen molar-refractivity contribution in [2.24, 2.45) is 0 Å². The Labute approximate surface area is 144 Å². The minimum Gasteiger partial charge on any atom is -0.360 e. The molecule has 3 aromatic rings. The van der Waals surface area contributed by atoms with Crippen LogP contribution in [-0.4, -0.2) is 28.3 Å². The number of aromatic nitrogens is 4. The zero-order valence-electron chi connectivity index (χ0n) is 13.9. The highest BCUT2D eigenvalue weighted by Gasteiger charge is 2.25. The smallest absolute Gasteiger partial charge is 0.267 e. The maximum atomic E-state index is 12.6. The molecule has 0 unspecified atom stereocenters. The lowest BCUT2D eigenvalue weighted by Crippen LogP contribution is -2.14. The van der Waals surface area contributed by atoms with Crippen LogP contribution in [-0.2, 0) is 23.0 Å². The summed E-state index contributed by atoms with van der Waals surface area (Å²) in [5.41, 5.74) is 1.60. The molecular formula is C16H17N5O3S. The molecule has 25 heavy (non-hydrogen) atoms. The van der Waals surface area contributed by atoms with Gasteiger partial charge in [0.2, 0.25) is 0 Å². The predicted molar refractivity (Wildman–Crippen MR) is 90.6 cm³/mol. The number of hydrogen-bond donors (Lipinski definition) is 1. The Hall–Kier alpha value is -2.68. The first-order chi connectivity index (χ1) is 12.0. The van der Waals surface area contributed by atoms with Crippen molar-refractivity contribution in [1.82, 2.24) is 19.9 Å². The third-order valence-electron chi connectivity index (χ3n) is 4.22. The molecule has 0 saturated heterocycles. The van der Waals surface area contributed by atoms with Gasteiger partial charge in [0.05, 0.1) is 0 Å². The van der Waals surface area contributed by atoms with Gasteiger partial charge in [-0.05, 0) is 32.4 Å². The summed E-state index contributed by atoms with van der Waals surface area (Å²) in [4.78, 5) is 0.0706. The quantitative estimate of drug-likeness (QED) is 0.767. The fourth-order valence-corrected chi connectivity index (χ4v) is 4.53. The van der Waals surface area contributed by atoms with Gasteiger partial charge in [0, 0.05) is 24.2 Å². The first-order valence-electron chi connectivity index (χ1n) is 7.94. The van der Waals surface area contributed by atoms with E-state index >= 15 is 0 Å². The van der Waals surface area contributed by atoms with Gasteiger partial charge in [-0.3, -0.25) is 4.72 Å². The van der Waals surface area contributed by atoms with Crippen molar-refractivity contribution in [3.05, 3.63) is 41.5 Å². The number of hydrogen-bond acceptors (Lipinski definition) is 6. The summed E-state index contributed by atoms with van der Waals surface area (Å²) in [7, 11) is -3.78. The molecule has 1 aliphatic rings. The number of benzene rings is 1. The summed E-state index contributed by atoms with van der Waals surface area (Å²) >= 11 is 0. The van der Waals surface area contributed by atoms with Crippen molar-refractivity contribution in [2.75, 3.05) is 4.72 Å². The highest BCUT2D eigenvalue weighted by molar-refractivity contribution is 7.92. The molecule has 0 fully saturated rings. The molecule has 130 valence electrons. The number of sulfonamides is 1. The van der Waals surface area contributed by atoms with Crippen LogP contribution >= 0.6 is 0 Å². The van der Waals surface area contributed by atoms with Crippen LogP contribution in [0, 0.1) is 13.8 Å². The third kappa shape index (κ3) is 2.70. The fraction of sp³-hybridized carbons (Fsp3) is 0.312. The molecule has 0 radical (unpaired) electrons. The number of aryl methyl sites for hydroxylation is 3. The Balaban J connectivity index is 1.68. The predicted octanol–water partition coefficient (Wildman–Crippen LogP) is 2.30. The first-order valence-corrected chi connectivity index (χ1v) is 9.42. The van der Waals surface area contributed by atoms with Crippen molar-refractivity contribution in [2.45, 2.75) is 38.1 Å². The van der Waals surface area contributed by atoms with Gasteiger partial charge in [-0.25, -0.2) is 8.42 Å². The Morgan fingerprint density at radius 1 is 1.24 bits per heavy atom. The Kier molecular flexibility index (Phi) is 3.60. The molecule has 0 aliphatic carbocycles. The van der Waals surface area contributed by atoms with Crippen LogP contribution in [0.15, 0.2) is 33.7 Å². The van der Waals surface area contributed by atoms with Crippen LogP contribution in [0.25, 0.3) is 11.4 Å². The maximum absolute atomic E-state index is 12.6. The van der Waals surface area contributed by atoms with Crippen LogP contribution in [0.5, 0.6) is 0 Å². The molecule has 0 spiro atoms. The summed E-state index contributed by atoms with van der Waals surface area (Å²) in [6, 6.07) is 7.13. The summed E-state index contributed by atoms with van der Waals surface area (Å²) < 4.78 is 34.9. The average molecular weight is 359 g/mol. The summed E-state index contributed by atoms with van der Waals surface area (Å²) in [5.74, 6) is 1.99. The molecule has 3 heterocycles. The van der Waals surface area contributed by atoms with E-state index in [2.05, 4.69) is 24.6 Å². The van der Waals surface area contributed by atoms with Crippen LogP contribution in [0.4, 0.5) is 5.69 Å². The van der Waals surface area contributed by atoms with E-state index in [0.29, 0.717) is 11.4 Å². The highest BCUT2D eigenvalue weighted by Crippen LogP contribution is 2.27. The van der Waals surface area contributed by atoms with Crippen molar-refractivity contribution in [1.29, 1.82) is 0 Å². The van der Waals surface area contributed by atoms with E-state index in [-0.39, 0.29) is 10.7 Å². The van der Waals surface area contributed by atoms with Crippen LogP contribution in [0.2, 0.25) is 0 Å². The molecule has 4 rings (SSSR count). The number of fused-ring (bicyclic) bond motifs is 1. The minimum atomic E-state index is -3.78. The van der Waals surface area contributed by atoms with E-state index in [1.807, 2.05) is 6.07 Å². The van der Waals surface area contributed by atoms with Gasteiger partial charge in [-0.2, -0.15) is 0 Å². The number of anilines is 1. The standard InChI is InChI=1S/C16H17N5O3S/c1-10-15(11(2)24-19-10)25(22,23)20-13-6-3-5-12(9-13)16-18-17-14-7-4-8-21(14)16/h3,5-6,9,20H,4,7-8H2,1-2H3. The van der Waals surface area contributed by atoms with E-state index in [9.17, 15) is 8.42 Å². The van der Waals surface area contributed by atoms with E-state index in [1.165, 1.54) is 0 Å². The van der Waals surface area contributed by atoms with E-state index in [0.717, 1.165) is 36.6 Å². The zero-order valence-corrected chi connectivity index (χ0v) is 14.7. The Morgan fingerprint density at radius 3 is 2.84 bits per heavy atom. The molecule has 0 saturated carbocycles. The third-order valence-corrected chi connectivity index (χ3v) is 5.84. The lowest BCUT2D eigenvalue weighted by Gasteiger charge is -2.09. The highest BCUT2D eigenvalue weighted by atomic mass is 32.2. The summed E-state index contributed by atoms with van der Waals surface area (Å²) in [5, 5.41) is 12.1. The van der Waals surface area contributed by atoms with Crippen molar-refractivity contribution < 1.29 is 12.9 Å². The molecule has 0 amide bonds. The van der Waals surface area contributed by atoms with E-state index in [1.54, 1.807) is 32.0 Å². The fourth-order valence-electron chi connectivity index (χ4n) is 3.15. The lowest BCUT2D eigenvalue weighted by molar-refractivity contribution is 0.390. The molecule has 1 N–H and O–H groups in total. The van der Waals surface area contributed by atoms with Gasteiger partial charge >= 0.3 is 0 Å². The van der Waals surface area contributed by atoms with E-state index < -0.39 is 10.0 Å². The lowest BCUT2D eigenvalue weighted by atomic mass is 10.2. The Bertz CT molecular complexity index is 1030. The number of nitrogens with one attached hydrogen (secondary N) is 1. The van der Waals surface area contributed by atoms with Gasteiger partial charge in [-0.15, -0.1) is 10.2 Å². The second-order valence-electron chi connectivity index (χ2n) is 6.03.